The van der Waals surface area contributed by atoms with Crippen molar-refractivity contribution in [1.82, 2.24) is 19.6 Å². The average Bonchev–Trinajstić information content (AvgIpc) is 3.40. The molecular weight excluding hydrogens is 390 g/mol. The van der Waals surface area contributed by atoms with Gasteiger partial charge in [-0.1, -0.05) is 19.0 Å². The second kappa shape index (κ2) is 9.14. The molecule has 1 N–H and O–H groups in total. The average molecular weight is 418 g/mol. The molecule has 0 unspecified atom stereocenters. The zero-order valence-electron chi connectivity index (χ0n) is 18.1. The molecule has 160 valence electrons. The van der Waals surface area contributed by atoms with E-state index in [2.05, 4.69) is 57.1 Å². The summed E-state index contributed by atoms with van der Waals surface area (Å²) in [5.41, 5.74) is 3.29. The molecule has 2 aromatic heterocycles. The molecule has 0 aliphatic carbocycles. The van der Waals surface area contributed by atoms with Gasteiger partial charge in [-0.2, -0.15) is 4.98 Å². The fraction of sp³-hybridized carbons (Fsp3) is 0.292. The monoisotopic (exact) mass is 417 g/mol. The first-order chi connectivity index (χ1) is 15.1. The summed E-state index contributed by atoms with van der Waals surface area (Å²) in [6.45, 7) is 10.2. The first-order valence-electron chi connectivity index (χ1n) is 10.6. The summed E-state index contributed by atoms with van der Waals surface area (Å²) in [5, 5.41) is 7.89. The second-order valence-electron chi connectivity index (χ2n) is 7.49. The molecule has 4 aromatic rings. The van der Waals surface area contributed by atoms with Crippen molar-refractivity contribution < 1.29 is 9.32 Å². The minimum absolute atomic E-state index is 0.159. The molecule has 0 atom stereocenters. The molecule has 0 saturated carbocycles. The maximum absolute atomic E-state index is 12.7. The van der Waals surface area contributed by atoms with Crippen LogP contribution in [0.25, 0.3) is 22.4 Å². The highest BCUT2D eigenvalue weighted by atomic mass is 16.5. The number of aromatic nitrogens is 3. The van der Waals surface area contributed by atoms with E-state index in [1.54, 1.807) is 31.2 Å². The summed E-state index contributed by atoms with van der Waals surface area (Å²) >= 11 is 0. The van der Waals surface area contributed by atoms with Crippen molar-refractivity contribution in [3.05, 3.63) is 66.1 Å². The zero-order chi connectivity index (χ0) is 21.8. The summed E-state index contributed by atoms with van der Waals surface area (Å²) in [7, 11) is 0. The summed E-state index contributed by atoms with van der Waals surface area (Å²) in [6, 6.07) is 15.2. The lowest BCUT2D eigenvalue weighted by molar-refractivity contribution is 0.102. The van der Waals surface area contributed by atoms with E-state index in [0.717, 1.165) is 42.8 Å². The number of likely N-dealkylation sites (N-methyl/N-ethyl adjacent to an activating group) is 1. The fourth-order valence-corrected chi connectivity index (χ4v) is 3.64. The summed E-state index contributed by atoms with van der Waals surface area (Å²) in [5.74, 6) is 0.864. The standard InChI is InChI=1S/C24H27N5O2/c1-4-28(5-2)14-15-29-13-12-20-16-21(10-11-22(20)29)26-23(30)18-6-8-19(9-7-18)24-25-17(3)27-31-24/h6-13,16H,4-5,14-15H2,1-3H3,(H,26,30). The van der Waals surface area contributed by atoms with Gasteiger partial charge in [0.25, 0.3) is 11.8 Å². The third kappa shape index (κ3) is 4.67. The number of aryl methyl sites for hydroxylation is 1. The van der Waals surface area contributed by atoms with Crippen LogP contribution < -0.4 is 5.32 Å². The fourth-order valence-electron chi connectivity index (χ4n) is 3.64. The molecule has 0 aliphatic heterocycles. The van der Waals surface area contributed by atoms with Gasteiger partial charge >= 0.3 is 0 Å². The minimum atomic E-state index is -0.159. The molecule has 2 aromatic carbocycles. The highest BCUT2D eigenvalue weighted by molar-refractivity contribution is 6.05. The van der Waals surface area contributed by atoms with Crippen LogP contribution in [-0.4, -0.2) is 45.1 Å². The van der Waals surface area contributed by atoms with E-state index in [4.69, 9.17) is 4.52 Å². The lowest BCUT2D eigenvalue weighted by Crippen LogP contribution is -2.26. The van der Waals surface area contributed by atoms with Crippen LogP contribution in [0.4, 0.5) is 5.69 Å². The second-order valence-corrected chi connectivity index (χ2v) is 7.49. The Morgan fingerprint density at radius 2 is 1.87 bits per heavy atom. The first-order valence-corrected chi connectivity index (χ1v) is 10.6. The van der Waals surface area contributed by atoms with Gasteiger partial charge in [-0.15, -0.1) is 0 Å². The number of benzene rings is 2. The number of amides is 1. The van der Waals surface area contributed by atoms with Gasteiger partial charge in [-0.05, 0) is 68.5 Å². The van der Waals surface area contributed by atoms with Gasteiger partial charge in [0, 0.05) is 47.0 Å². The Morgan fingerprint density at radius 1 is 1.10 bits per heavy atom. The zero-order valence-corrected chi connectivity index (χ0v) is 18.1. The van der Waals surface area contributed by atoms with Gasteiger partial charge in [-0.25, -0.2) is 0 Å². The third-order valence-electron chi connectivity index (χ3n) is 5.50. The van der Waals surface area contributed by atoms with Crippen LogP contribution in [0.15, 0.2) is 59.3 Å². The lowest BCUT2D eigenvalue weighted by atomic mass is 10.1. The molecule has 0 spiro atoms. The summed E-state index contributed by atoms with van der Waals surface area (Å²) in [4.78, 5) is 19.3. The van der Waals surface area contributed by atoms with Crippen LogP contribution in [0.2, 0.25) is 0 Å². The van der Waals surface area contributed by atoms with Gasteiger partial charge < -0.3 is 19.3 Å². The van der Waals surface area contributed by atoms with Crippen LogP contribution in [0.1, 0.15) is 30.0 Å². The molecule has 1 amide bonds. The molecule has 0 bridgehead atoms. The van der Waals surface area contributed by atoms with Crippen LogP contribution in [0, 0.1) is 6.92 Å². The quantitative estimate of drug-likeness (QED) is 0.454. The van der Waals surface area contributed by atoms with Crippen LogP contribution in [0.5, 0.6) is 0 Å². The predicted molar refractivity (Wildman–Crippen MR) is 122 cm³/mol. The highest BCUT2D eigenvalue weighted by Crippen LogP contribution is 2.22. The molecule has 7 heteroatoms. The first kappa shape index (κ1) is 20.8. The van der Waals surface area contributed by atoms with E-state index in [-0.39, 0.29) is 5.91 Å². The molecule has 7 nitrogen and oxygen atoms in total. The van der Waals surface area contributed by atoms with Crippen LogP contribution in [0.3, 0.4) is 0 Å². The Bertz CT molecular complexity index is 1170. The third-order valence-corrected chi connectivity index (χ3v) is 5.50. The number of anilines is 1. The maximum Gasteiger partial charge on any atom is 0.257 e. The van der Waals surface area contributed by atoms with E-state index in [1.807, 2.05) is 12.1 Å². The van der Waals surface area contributed by atoms with E-state index < -0.39 is 0 Å². The molecule has 0 saturated heterocycles. The molecule has 0 aliphatic rings. The topological polar surface area (TPSA) is 76.2 Å². The molecule has 2 heterocycles. The van der Waals surface area contributed by atoms with Crippen LogP contribution in [-0.2, 0) is 6.54 Å². The Kier molecular flexibility index (Phi) is 6.13. The number of carbonyl (C=O) groups is 1. The SMILES string of the molecule is CCN(CC)CCn1ccc2cc(NC(=O)c3ccc(-c4nc(C)no4)cc3)ccc21. The van der Waals surface area contributed by atoms with E-state index in [0.29, 0.717) is 17.3 Å². The van der Waals surface area contributed by atoms with E-state index in [1.165, 1.54) is 5.52 Å². The molecule has 0 radical (unpaired) electrons. The number of nitrogens with one attached hydrogen (secondary N) is 1. The Labute approximate surface area is 181 Å². The predicted octanol–water partition coefficient (Wildman–Crippen LogP) is 4.59. The highest BCUT2D eigenvalue weighted by Gasteiger charge is 2.11. The molecule has 31 heavy (non-hydrogen) atoms. The number of rotatable bonds is 8. The van der Waals surface area contributed by atoms with Crippen molar-refractivity contribution in [2.24, 2.45) is 0 Å². The van der Waals surface area contributed by atoms with Crippen molar-refractivity contribution >= 4 is 22.5 Å². The lowest BCUT2D eigenvalue weighted by Gasteiger charge is -2.18. The summed E-state index contributed by atoms with van der Waals surface area (Å²) < 4.78 is 7.43. The largest absolute Gasteiger partial charge is 0.346 e. The minimum Gasteiger partial charge on any atom is -0.346 e. The van der Waals surface area contributed by atoms with E-state index >= 15 is 0 Å². The molecule has 4 rings (SSSR count). The Hall–Kier alpha value is -3.45. The smallest absolute Gasteiger partial charge is 0.257 e. The molecule has 0 fully saturated rings. The number of nitrogens with zero attached hydrogens (tertiary/aromatic N) is 4. The van der Waals surface area contributed by atoms with Crippen LogP contribution >= 0.6 is 0 Å². The Balaban J connectivity index is 1.44. The van der Waals surface area contributed by atoms with Crippen molar-refractivity contribution in [2.45, 2.75) is 27.3 Å². The summed E-state index contributed by atoms with van der Waals surface area (Å²) in [6.07, 6.45) is 2.11. The van der Waals surface area contributed by atoms with E-state index in [9.17, 15) is 4.79 Å². The van der Waals surface area contributed by atoms with Gasteiger partial charge in [0.15, 0.2) is 5.82 Å². The number of hydrogen-bond donors (Lipinski definition) is 1. The number of hydrogen-bond acceptors (Lipinski definition) is 5. The van der Waals surface area contributed by atoms with Gasteiger partial charge in [0.05, 0.1) is 0 Å². The molecular formula is C24H27N5O2. The van der Waals surface area contributed by atoms with Crippen molar-refractivity contribution in [3.8, 4) is 11.5 Å². The van der Waals surface area contributed by atoms with Gasteiger partial charge in [0.1, 0.15) is 0 Å². The van der Waals surface area contributed by atoms with Gasteiger partial charge in [0.2, 0.25) is 0 Å². The normalized spacial score (nSPS) is 11.4. The van der Waals surface area contributed by atoms with Gasteiger partial charge in [-0.3, -0.25) is 4.79 Å². The number of carbonyl (C=O) groups excluding carboxylic acids is 1. The Morgan fingerprint density at radius 3 is 2.55 bits per heavy atom. The van der Waals surface area contributed by atoms with Crippen molar-refractivity contribution in [2.75, 3.05) is 25.0 Å². The van der Waals surface area contributed by atoms with Crippen molar-refractivity contribution in [3.63, 3.8) is 0 Å². The van der Waals surface area contributed by atoms with Crippen molar-refractivity contribution in [1.29, 1.82) is 0 Å². The number of fused-ring (bicyclic) bond motifs is 1. The maximum atomic E-state index is 12.7.